The molecule has 1 fully saturated rings. The smallest absolute Gasteiger partial charge is 0.0608 e. The first-order valence-electron chi connectivity index (χ1n) is 5.99. The van der Waals surface area contributed by atoms with E-state index in [2.05, 4.69) is 13.8 Å². The number of nitrogens with two attached hydrogens (primary N) is 1. The van der Waals surface area contributed by atoms with Crippen LogP contribution in [0.15, 0.2) is 0 Å². The molecule has 0 saturated heterocycles. The number of hydrogen-bond donors (Lipinski definition) is 2. The van der Waals surface area contributed by atoms with E-state index in [1.807, 2.05) is 0 Å². The standard InChI is InChI=1S/C12H25NO/c1-10(2)9-12(6-3-4-7-12)11(14)5-8-13/h10-11,14H,3-9,13H2,1-2H3. The van der Waals surface area contributed by atoms with E-state index in [1.54, 1.807) is 0 Å². The van der Waals surface area contributed by atoms with Gasteiger partial charge in [-0.15, -0.1) is 0 Å². The van der Waals surface area contributed by atoms with Crippen LogP contribution in [0.2, 0.25) is 0 Å². The molecule has 84 valence electrons. The van der Waals surface area contributed by atoms with Gasteiger partial charge in [-0.1, -0.05) is 26.7 Å². The van der Waals surface area contributed by atoms with Gasteiger partial charge >= 0.3 is 0 Å². The molecule has 0 aliphatic heterocycles. The first-order valence-corrected chi connectivity index (χ1v) is 5.99. The zero-order chi connectivity index (χ0) is 10.6. The van der Waals surface area contributed by atoms with E-state index in [9.17, 15) is 5.11 Å². The minimum absolute atomic E-state index is 0.169. The summed E-state index contributed by atoms with van der Waals surface area (Å²) < 4.78 is 0. The molecule has 0 bridgehead atoms. The lowest BCUT2D eigenvalue weighted by Gasteiger charge is -2.35. The van der Waals surface area contributed by atoms with Crippen LogP contribution in [0.3, 0.4) is 0 Å². The molecule has 0 aromatic carbocycles. The highest BCUT2D eigenvalue weighted by molar-refractivity contribution is 4.91. The molecule has 3 N–H and O–H groups in total. The van der Waals surface area contributed by atoms with Gasteiger partial charge in [0.2, 0.25) is 0 Å². The van der Waals surface area contributed by atoms with Crippen molar-refractivity contribution in [3.8, 4) is 0 Å². The lowest BCUT2D eigenvalue weighted by molar-refractivity contribution is 0.00885. The minimum Gasteiger partial charge on any atom is -0.393 e. The van der Waals surface area contributed by atoms with Crippen LogP contribution in [0.4, 0.5) is 0 Å². The topological polar surface area (TPSA) is 46.2 Å². The molecule has 0 aromatic rings. The van der Waals surface area contributed by atoms with Gasteiger partial charge in [0.1, 0.15) is 0 Å². The van der Waals surface area contributed by atoms with Crippen molar-refractivity contribution in [1.82, 2.24) is 0 Å². The van der Waals surface area contributed by atoms with Crippen molar-refractivity contribution in [3.05, 3.63) is 0 Å². The zero-order valence-corrected chi connectivity index (χ0v) is 9.63. The summed E-state index contributed by atoms with van der Waals surface area (Å²) in [6, 6.07) is 0. The summed E-state index contributed by atoms with van der Waals surface area (Å²) in [7, 11) is 0. The molecule has 1 aliphatic carbocycles. The number of hydrogen-bond acceptors (Lipinski definition) is 2. The molecule has 1 atom stereocenters. The third kappa shape index (κ3) is 2.71. The minimum atomic E-state index is -0.169. The van der Waals surface area contributed by atoms with Crippen LogP contribution < -0.4 is 5.73 Å². The van der Waals surface area contributed by atoms with Crippen LogP contribution in [0.5, 0.6) is 0 Å². The Balaban J connectivity index is 2.60. The van der Waals surface area contributed by atoms with E-state index in [1.165, 1.54) is 25.7 Å². The zero-order valence-electron chi connectivity index (χ0n) is 9.63. The number of rotatable bonds is 5. The average molecular weight is 199 g/mol. The largest absolute Gasteiger partial charge is 0.393 e. The Hall–Kier alpha value is -0.0800. The second-order valence-electron chi connectivity index (χ2n) is 5.26. The summed E-state index contributed by atoms with van der Waals surface area (Å²) in [5.41, 5.74) is 5.73. The first kappa shape index (κ1) is 12.0. The van der Waals surface area contributed by atoms with Crippen LogP contribution in [0.25, 0.3) is 0 Å². The predicted molar refractivity (Wildman–Crippen MR) is 60.0 cm³/mol. The highest BCUT2D eigenvalue weighted by Crippen LogP contribution is 2.46. The molecular weight excluding hydrogens is 174 g/mol. The molecule has 2 nitrogen and oxygen atoms in total. The van der Waals surface area contributed by atoms with Gasteiger partial charge in [-0.2, -0.15) is 0 Å². The Bertz CT molecular complexity index is 162. The van der Waals surface area contributed by atoms with E-state index in [0.717, 1.165) is 12.8 Å². The predicted octanol–water partition coefficient (Wildman–Crippen LogP) is 2.30. The van der Waals surface area contributed by atoms with Crippen LogP contribution in [0.1, 0.15) is 52.4 Å². The molecule has 0 heterocycles. The molecule has 0 amide bonds. The van der Waals surface area contributed by atoms with E-state index < -0.39 is 0 Å². The molecule has 0 radical (unpaired) electrons. The third-order valence-corrected chi connectivity index (χ3v) is 3.56. The van der Waals surface area contributed by atoms with Crippen molar-refractivity contribution in [2.24, 2.45) is 17.1 Å². The summed E-state index contributed by atoms with van der Waals surface area (Å²) in [5.74, 6) is 0.681. The number of aliphatic hydroxyl groups is 1. The van der Waals surface area contributed by atoms with Gasteiger partial charge in [0.05, 0.1) is 6.10 Å². The fourth-order valence-corrected chi connectivity index (χ4v) is 3.03. The van der Waals surface area contributed by atoms with Crippen molar-refractivity contribution >= 4 is 0 Å². The van der Waals surface area contributed by atoms with Crippen LogP contribution in [0, 0.1) is 11.3 Å². The third-order valence-electron chi connectivity index (χ3n) is 3.56. The fourth-order valence-electron chi connectivity index (χ4n) is 3.03. The van der Waals surface area contributed by atoms with Crippen molar-refractivity contribution in [1.29, 1.82) is 0 Å². The Morgan fingerprint density at radius 1 is 1.29 bits per heavy atom. The van der Waals surface area contributed by atoms with Gasteiger partial charge in [-0.3, -0.25) is 0 Å². The first-order chi connectivity index (χ1) is 6.60. The van der Waals surface area contributed by atoms with Crippen LogP contribution >= 0.6 is 0 Å². The number of aliphatic hydroxyl groups excluding tert-OH is 1. The van der Waals surface area contributed by atoms with E-state index in [4.69, 9.17) is 5.73 Å². The molecular formula is C12H25NO. The Labute approximate surface area is 87.9 Å². The molecule has 0 spiro atoms. The lowest BCUT2D eigenvalue weighted by Crippen LogP contribution is -2.35. The molecule has 1 aliphatic rings. The molecule has 2 heteroatoms. The lowest BCUT2D eigenvalue weighted by atomic mass is 9.73. The summed E-state index contributed by atoms with van der Waals surface area (Å²) >= 11 is 0. The van der Waals surface area contributed by atoms with Crippen LogP contribution in [-0.2, 0) is 0 Å². The highest BCUT2D eigenvalue weighted by atomic mass is 16.3. The SMILES string of the molecule is CC(C)CC1(C(O)CCN)CCCC1. The van der Waals surface area contributed by atoms with Crippen molar-refractivity contribution in [3.63, 3.8) is 0 Å². The van der Waals surface area contributed by atoms with E-state index >= 15 is 0 Å². The van der Waals surface area contributed by atoms with Gasteiger partial charge in [0.15, 0.2) is 0 Å². The molecule has 14 heavy (non-hydrogen) atoms. The van der Waals surface area contributed by atoms with Crippen molar-refractivity contribution in [2.75, 3.05) is 6.54 Å². The summed E-state index contributed by atoms with van der Waals surface area (Å²) in [5, 5.41) is 10.2. The Kier molecular flexibility index (Phi) is 4.39. The fraction of sp³-hybridized carbons (Fsp3) is 1.00. The molecule has 1 saturated carbocycles. The summed E-state index contributed by atoms with van der Waals surface area (Å²) in [6.45, 7) is 5.10. The normalized spacial score (nSPS) is 22.9. The maximum atomic E-state index is 10.2. The average Bonchev–Trinajstić information content (AvgIpc) is 2.53. The van der Waals surface area contributed by atoms with Gasteiger partial charge in [0, 0.05) is 0 Å². The second-order valence-corrected chi connectivity index (χ2v) is 5.26. The molecule has 1 rings (SSSR count). The van der Waals surface area contributed by atoms with Gasteiger partial charge < -0.3 is 10.8 Å². The van der Waals surface area contributed by atoms with Crippen molar-refractivity contribution in [2.45, 2.75) is 58.5 Å². The van der Waals surface area contributed by atoms with E-state index in [-0.39, 0.29) is 11.5 Å². The van der Waals surface area contributed by atoms with Gasteiger partial charge in [0.25, 0.3) is 0 Å². The van der Waals surface area contributed by atoms with Crippen LogP contribution in [-0.4, -0.2) is 17.8 Å². The maximum absolute atomic E-state index is 10.2. The molecule has 0 aromatic heterocycles. The van der Waals surface area contributed by atoms with Gasteiger partial charge in [-0.05, 0) is 43.6 Å². The van der Waals surface area contributed by atoms with Gasteiger partial charge in [-0.25, -0.2) is 0 Å². The Morgan fingerprint density at radius 3 is 2.29 bits per heavy atom. The summed E-state index contributed by atoms with van der Waals surface area (Å²) in [6.07, 6.45) is 6.74. The monoisotopic (exact) mass is 199 g/mol. The summed E-state index contributed by atoms with van der Waals surface area (Å²) in [4.78, 5) is 0. The molecule has 1 unspecified atom stereocenters. The Morgan fingerprint density at radius 2 is 1.86 bits per heavy atom. The second kappa shape index (κ2) is 5.13. The van der Waals surface area contributed by atoms with E-state index in [0.29, 0.717) is 12.5 Å². The quantitative estimate of drug-likeness (QED) is 0.713. The highest BCUT2D eigenvalue weighted by Gasteiger charge is 2.40. The maximum Gasteiger partial charge on any atom is 0.0608 e. The van der Waals surface area contributed by atoms with Crippen molar-refractivity contribution < 1.29 is 5.11 Å².